The number of rotatable bonds is 5. The molecule has 0 aromatic heterocycles. The fraction of sp³-hybridized carbons (Fsp3) is 0.929. The Labute approximate surface area is 111 Å². The third-order valence-corrected chi connectivity index (χ3v) is 3.99. The van der Waals surface area contributed by atoms with E-state index in [0.717, 1.165) is 13.1 Å². The molecular formula is C14H29N3O. The molecule has 1 aliphatic rings. The first-order valence-electron chi connectivity index (χ1n) is 7.11. The summed E-state index contributed by atoms with van der Waals surface area (Å²) >= 11 is 0. The Morgan fingerprint density at radius 1 is 1.39 bits per heavy atom. The molecule has 1 amide bonds. The lowest BCUT2D eigenvalue weighted by Crippen LogP contribution is -2.52. The minimum absolute atomic E-state index is 0.0975. The van der Waals surface area contributed by atoms with E-state index in [0.29, 0.717) is 6.04 Å². The monoisotopic (exact) mass is 255 g/mol. The van der Waals surface area contributed by atoms with Crippen LogP contribution in [0.4, 0.5) is 0 Å². The van der Waals surface area contributed by atoms with Crippen molar-refractivity contribution in [3.8, 4) is 0 Å². The molecule has 0 aromatic carbocycles. The van der Waals surface area contributed by atoms with Crippen LogP contribution in [-0.4, -0.2) is 54.0 Å². The number of carbonyl (C=O) groups is 1. The SMILES string of the molecule is CC(C)C(N)C(=O)N(C[C@@H]1CCCN1C)C(C)C. The molecule has 4 nitrogen and oxygen atoms in total. The van der Waals surface area contributed by atoms with Crippen LogP contribution in [0.1, 0.15) is 40.5 Å². The van der Waals surface area contributed by atoms with Gasteiger partial charge in [-0.2, -0.15) is 0 Å². The van der Waals surface area contributed by atoms with Crippen molar-refractivity contribution in [2.45, 2.75) is 58.7 Å². The summed E-state index contributed by atoms with van der Waals surface area (Å²) in [5.74, 6) is 0.292. The van der Waals surface area contributed by atoms with Crippen molar-refractivity contribution in [1.82, 2.24) is 9.80 Å². The van der Waals surface area contributed by atoms with Crippen LogP contribution in [0.3, 0.4) is 0 Å². The van der Waals surface area contributed by atoms with Gasteiger partial charge in [0.15, 0.2) is 0 Å². The van der Waals surface area contributed by atoms with Gasteiger partial charge in [-0.1, -0.05) is 13.8 Å². The van der Waals surface area contributed by atoms with Crippen molar-refractivity contribution in [2.75, 3.05) is 20.1 Å². The molecule has 0 aliphatic carbocycles. The zero-order valence-electron chi connectivity index (χ0n) is 12.5. The zero-order chi connectivity index (χ0) is 13.9. The molecule has 0 spiro atoms. The molecule has 1 unspecified atom stereocenters. The number of likely N-dealkylation sites (tertiary alicyclic amines) is 1. The average molecular weight is 255 g/mol. The van der Waals surface area contributed by atoms with E-state index in [1.165, 1.54) is 12.8 Å². The van der Waals surface area contributed by atoms with Gasteiger partial charge >= 0.3 is 0 Å². The lowest BCUT2D eigenvalue weighted by Gasteiger charge is -2.34. The maximum absolute atomic E-state index is 12.4. The van der Waals surface area contributed by atoms with Crippen molar-refractivity contribution in [1.29, 1.82) is 0 Å². The third-order valence-electron chi connectivity index (χ3n) is 3.99. The molecule has 1 aliphatic heterocycles. The molecule has 106 valence electrons. The Kier molecular flexibility index (Phi) is 5.60. The van der Waals surface area contributed by atoms with E-state index >= 15 is 0 Å². The summed E-state index contributed by atoms with van der Waals surface area (Å²) in [5, 5.41) is 0. The van der Waals surface area contributed by atoms with Gasteiger partial charge in [0.2, 0.25) is 5.91 Å². The molecular weight excluding hydrogens is 226 g/mol. The summed E-state index contributed by atoms with van der Waals surface area (Å²) in [7, 11) is 2.14. The van der Waals surface area contributed by atoms with Gasteiger partial charge in [0, 0.05) is 18.6 Å². The minimum atomic E-state index is -0.376. The second-order valence-electron chi connectivity index (χ2n) is 6.13. The third kappa shape index (κ3) is 3.69. The van der Waals surface area contributed by atoms with Crippen LogP contribution < -0.4 is 5.73 Å². The Balaban J connectivity index is 2.67. The van der Waals surface area contributed by atoms with Crippen molar-refractivity contribution < 1.29 is 4.79 Å². The number of hydrogen-bond donors (Lipinski definition) is 1. The van der Waals surface area contributed by atoms with Gasteiger partial charge in [0.05, 0.1) is 6.04 Å². The van der Waals surface area contributed by atoms with E-state index < -0.39 is 0 Å². The number of carbonyl (C=O) groups excluding carboxylic acids is 1. The Bertz CT molecular complexity index is 278. The number of likely N-dealkylation sites (N-methyl/N-ethyl adjacent to an activating group) is 1. The topological polar surface area (TPSA) is 49.6 Å². The zero-order valence-corrected chi connectivity index (χ0v) is 12.5. The second kappa shape index (κ2) is 6.53. The molecule has 2 N–H and O–H groups in total. The highest BCUT2D eigenvalue weighted by molar-refractivity contribution is 5.82. The summed E-state index contributed by atoms with van der Waals surface area (Å²) < 4.78 is 0. The van der Waals surface area contributed by atoms with Gasteiger partial charge in [0.25, 0.3) is 0 Å². The fourth-order valence-corrected chi connectivity index (χ4v) is 2.47. The summed E-state index contributed by atoms with van der Waals surface area (Å²) in [6.07, 6.45) is 2.42. The molecule has 0 saturated carbocycles. The van der Waals surface area contributed by atoms with Crippen molar-refractivity contribution in [3.63, 3.8) is 0 Å². The van der Waals surface area contributed by atoms with Gasteiger partial charge in [-0.05, 0) is 46.2 Å². The maximum Gasteiger partial charge on any atom is 0.240 e. The summed E-state index contributed by atoms with van der Waals surface area (Å²) in [6.45, 7) is 10.1. The van der Waals surface area contributed by atoms with E-state index in [2.05, 4.69) is 25.8 Å². The molecule has 1 saturated heterocycles. The van der Waals surface area contributed by atoms with Gasteiger partial charge in [0.1, 0.15) is 0 Å². The number of nitrogens with zero attached hydrogens (tertiary/aromatic N) is 2. The lowest BCUT2D eigenvalue weighted by molar-refractivity contribution is -0.136. The second-order valence-corrected chi connectivity index (χ2v) is 6.13. The van der Waals surface area contributed by atoms with E-state index in [9.17, 15) is 4.79 Å². The molecule has 1 rings (SSSR count). The van der Waals surface area contributed by atoms with Gasteiger partial charge in [-0.15, -0.1) is 0 Å². The van der Waals surface area contributed by atoms with Crippen LogP contribution in [0.15, 0.2) is 0 Å². The van der Waals surface area contributed by atoms with Gasteiger partial charge in [-0.3, -0.25) is 4.79 Å². The van der Waals surface area contributed by atoms with Gasteiger partial charge < -0.3 is 15.5 Å². The number of nitrogens with two attached hydrogens (primary N) is 1. The van der Waals surface area contributed by atoms with Crippen molar-refractivity contribution >= 4 is 5.91 Å². The molecule has 0 radical (unpaired) electrons. The first-order chi connectivity index (χ1) is 8.34. The van der Waals surface area contributed by atoms with Crippen LogP contribution in [0.2, 0.25) is 0 Å². The first kappa shape index (κ1) is 15.4. The predicted molar refractivity (Wildman–Crippen MR) is 75.3 cm³/mol. The highest BCUT2D eigenvalue weighted by Gasteiger charge is 2.30. The van der Waals surface area contributed by atoms with E-state index in [1.54, 1.807) is 0 Å². The molecule has 18 heavy (non-hydrogen) atoms. The molecule has 4 heteroatoms. The summed E-state index contributed by atoms with van der Waals surface area (Å²) in [4.78, 5) is 16.7. The standard InChI is InChI=1S/C14H29N3O/c1-10(2)13(15)14(18)17(11(3)4)9-12-7-6-8-16(12)5/h10-13H,6-9,15H2,1-5H3/t12-,13?/m0/s1. The van der Waals surface area contributed by atoms with Crippen LogP contribution in [0, 0.1) is 5.92 Å². The van der Waals surface area contributed by atoms with E-state index in [4.69, 9.17) is 5.73 Å². The number of hydrogen-bond acceptors (Lipinski definition) is 3. The highest BCUT2D eigenvalue weighted by Crippen LogP contribution is 2.18. The average Bonchev–Trinajstić information content (AvgIpc) is 2.69. The molecule has 1 heterocycles. The first-order valence-corrected chi connectivity index (χ1v) is 7.11. The molecule has 2 atom stereocenters. The lowest BCUT2D eigenvalue weighted by atomic mass is 10.0. The Morgan fingerprint density at radius 3 is 2.39 bits per heavy atom. The maximum atomic E-state index is 12.4. The van der Waals surface area contributed by atoms with E-state index in [1.807, 2.05) is 18.7 Å². The smallest absolute Gasteiger partial charge is 0.240 e. The highest BCUT2D eigenvalue weighted by atomic mass is 16.2. The fourth-order valence-electron chi connectivity index (χ4n) is 2.47. The summed E-state index contributed by atoms with van der Waals surface area (Å²) in [5.41, 5.74) is 6.00. The van der Waals surface area contributed by atoms with Crippen LogP contribution in [0.25, 0.3) is 0 Å². The van der Waals surface area contributed by atoms with E-state index in [-0.39, 0.29) is 23.9 Å². The van der Waals surface area contributed by atoms with Crippen LogP contribution in [0.5, 0.6) is 0 Å². The molecule has 0 bridgehead atoms. The number of amides is 1. The summed E-state index contributed by atoms with van der Waals surface area (Å²) in [6, 6.07) is 0.339. The van der Waals surface area contributed by atoms with Crippen LogP contribution >= 0.6 is 0 Å². The van der Waals surface area contributed by atoms with Crippen molar-refractivity contribution in [2.24, 2.45) is 11.7 Å². The normalized spacial score (nSPS) is 22.8. The molecule has 1 fully saturated rings. The largest absolute Gasteiger partial charge is 0.337 e. The van der Waals surface area contributed by atoms with Crippen LogP contribution in [-0.2, 0) is 4.79 Å². The van der Waals surface area contributed by atoms with Crippen molar-refractivity contribution in [3.05, 3.63) is 0 Å². The van der Waals surface area contributed by atoms with Gasteiger partial charge in [-0.25, -0.2) is 0 Å². The Hall–Kier alpha value is -0.610. The Morgan fingerprint density at radius 2 is 2.00 bits per heavy atom. The minimum Gasteiger partial charge on any atom is -0.337 e. The quantitative estimate of drug-likeness (QED) is 0.805. The predicted octanol–water partition coefficient (Wildman–Crippen LogP) is 1.30. The molecule has 0 aromatic rings.